The number of benzene rings is 1. The van der Waals surface area contributed by atoms with Crippen LogP contribution in [0.15, 0.2) is 45.8 Å². The molecule has 8 heteroatoms. The van der Waals surface area contributed by atoms with Gasteiger partial charge in [0.05, 0.1) is 28.5 Å². The molecule has 1 heterocycles. The molecule has 1 aliphatic rings. The fraction of sp³-hybridized carbons (Fsp3) is 0.400. The van der Waals surface area contributed by atoms with E-state index in [4.69, 9.17) is 0 Å². The minimum absolute atomic E-state index is 0.0971. The van der Waals surface area contributed by atoms with Crippen LogP contribution in [-0.4, -0.2) is 29.9 Å². The van der Waals surface area contributed by atoms with Crippen molar-refractivity contribution in [3.8, 4) is 12.1 Å². The first-order chi connectivity index (χ1) is 13.4. The summed E-state index contributed by atoms with van der Waals surface area (Å²) in [5, 5.41) is 24.5. The summed E-state index contributed by atoms with van der Waals surface area (Å²) in [7, 11) is 0. The summed E-state index contributed by atoms with van der Waals surface area (Å²) in [4.78, 5) is 25.4. The monoisotopic (exact) mass is 414 g/mol. The molecule has 1 atom stereocenters. The van der Waals surface area contributed by atoms with Gasteiger partial charge >= 0.3 is 0 Å². The van der Waals surface area contributed by atoms with Crippen molar-refractivity contribution in [2.75, 3.05) is 18.1 Å². The molecule has 0 aromatic heterocycles. The van der Waals surface area contributed by atoms with Crippen molar-refractivity contribution in [2.24, 2.45) is 11.3 Å². The quantitative estimate of drug-likeness (QED) is 0.500. The SMILES string of the molecule is CC1(C)C(C#N)=C(SCC(=O)NCCCSc2ccccc2)NC(=O)[C@H]1C#N. The Morgan fingerprint density at radius 2 is 1.96 bits per heavy atom. The van der Waals surface area contributed by atoms with Crippen molar-refractivity contribution < 1.29 is 9.59 Å². The number of thioether (sulfide) groups is 2. The van der Waals surface area contributed by atoms with E-state index in [1.807, 2.05) is 24.3 Å². The van der Waals surface area contributed by atoms with E-state index in [9.17, 15) is 20.1 Å². The topological polar surface area (TPSA) is 106 Å². The molecule has 28 heavy (non-hydrogen) atoms. The summed E-state index contributed by atoms with van der Waals surface area (Å²) in [6.45, 7) is 3.96. The molecule has 1 aromatic rings. The van der Waals surface area contributed by atoms with Gasteiger partial charge in [0.15, 0.2) is 0 Å². The number of nitrogens with one attached hydrogen (secondary N) is 2. The van der Waals surface area contributed by atoms with Gasteiger partial charge in [-0.25, -0.2) is 0 Å². The number of allylic oxidation sites excluding steroid dienone is 1. The third-order valence-electron chi connectivity index (χ3n) is 4.34. The molecule has 0 saturated heterocycles. The highest BCUT2D eigenvalue weighted by Gasteiger charge is 2.44. The maximum atomic E-state index is 12.1. The number of carbonyl (C=O) groups is 2. The van der Waals surface area contributed by atoms with Crippen LogP contribution in [0.5, 0.6) is 0 Å². The van der Waals surface area contributed by atoms with Crippen LogP contribution < -0.4 is 10.6 Å². The Hall–Kier alpha value is -2.42. The molecule has 2 N–H and O–H groups in total. The third kappa shape index (κ3) is 5.54. The van der Waals surface area contributed by atoms with Crippen LogP contribution in [0.4, 0.5) is 0 Å². The molecule has 0 saturated carbocycles. The minimum Gasteiger partial charge on any atom is -0.355 e. The normalized spacial score (nSPS) is 18.0. The number of hydrogen-bond acceptors (Lipinski definition) is 6. The van der Waals surface area contributed by atoms with E-state index < -0.39 is 17.2 Å². The zero-order valence-electron chi connectivity index (χ0n) is 15.8. The van der Waals surface area contributed by atoms with Gasteiger partial charge in [-0.1, -0.05) is 43.8 Å². The van der Waals surface area contributed by atoms with Crippen molar-refractivity contribution >= 4 is 35.3 Å². The van der Waals surface area contributed by atoms with E-state index in [2.05, 4.69) is 28.8 Å². The fourth-order valence-electron chi connectivity index (χ4n) is 2.73. The Labute approximate surface area is 173 Å². The van der Waals surface area contributed by atoms with Gasteiger partial charge in [0.1, 0.15) is 5.92 Å². The Balaban J connectivity index is 1.80. The molecular formula is C20H22N4O2S2. The van der Waals surface area contributed by atoms with E-state index in [0.29, 0.717) is 17.1 Å². The van der Waals surface area contributed by atoms with Crippen LogP contribution in [0.1, 0.15) is 20.3 Å². The lowest BCUT2D eigenvalue weighted by Crippen LogP contribution is -2.44. The number of hydrogen-bond donors (Lipinski definition) is 2. The zero-order chi connectivity index (χ0) is 20.6. The number of nitrogens with zero attached hydrogens (tertiary/aromatic N) is 2. The lowest BCUT2D eigenvalue weighted by Gasteiger charge is -2.34. The van der Waals surface area contributed by atoms with E-state index >= 15 is 0 Å². The Morgan fingerprint density at radius 3 is 2.61 bits per heavy atom. The van der Waals surface area contributed by atoms with E-state index in [-0.39, 0.29) is 11.7 Å². The Kier molecular flexibility index (Phi) is 7.98. The second-order valence-corrected chi connectivity index (χ2v) is 8.90. The number of nitriles is 2. The molecule has 6 nitrogen and oxygen atoms in total. The van der Waals surface area contributed by atoms with E-state index in [1.54, 1.807) is 25.6 Å². The molecule has 0 spiro atoms. The van der Waals surface area contributed by atoms with Gasteiger partial charge < -0.3 is 10.6 Å². The molecule has 2 rings (SSSR count). The molecule has 0 unspecified atom stereocenters. The standard InChI is InChI=1S/C20H22N4O2S2/c1-20(2)15(11-21)18(26)24-19(16(20)12-22)28-13-17(25)23-9-6-10-27-14-7-4-3-5-8-14/h3-5,7-8,15H,6,9-10,13H2,1-2H3,(H,23,25)(H,24,26)/t15-/m1/s1. The van der Waals surface area contributed by atoms with Gasteiger partial charge in [-0.2, -0.15) is 10.5 Å². The van der Waals surface area contributed by atoms with E-state index in [1.165, 1.54) is 4.90 Å². The summed E-state index contributed by atoms with van der Waals surface area (Å²) in [5.41, 5.74) is -0.560. The second-order valence-electron chi connectivity index (χ2n) is 6.74. The van der Waals surface area contributed by atoms with Gasteiger partial charge in [0.2, 0.25) is 11.8 Å². The Bertz CT molecular complexity index is 838. The predicted molar refractivity (Wildman–Crippen MR) is 111 cm³/mol. The molecule has 1 aliphatic heterocycles. The lowest BCUT2D eigenvalue weighted by molar-refractivity contribution is -0.125. The van der Waals surface area contributed by atoms with Gasteiger partial charge in [0, 0.05) is 16.9 Å². The highest BCUT2D eigenvalue weighted by molar-refractivity contribution is 8.03. The first-order valence-electron chi connectivity index (χ1n) is 8.82. The molecular weight excluding hydrogens is 392 g/mol. The molecule has 1 aromatic carbocycles. The van der Waals surface area contributed by atoms with Gasteiger partial charge in [0.25, 0.3) is 0 Å². The van der Waals surface area contributed by atoms with Gasteiger partial charge in [-0.05, 0) is 24.3 Å². The minimum atomic E-state index is -0.928. The first-order valence-corrected chi connectivity index (χ1v) is 10.8. The van der Waals surface area contributed by atoms with Crippen LogP contribution in [-0.2, 0) is 9.59 Å². The van der Waals surface area contributed by atoms with Crippen LogP contribution in [0.3, 0.4) is 0 Å². The first kappa shape index (κ1) is 21.9. The number of amides is 2. The van der Waals surface area contributed by atoms with Crippen LogP contribution in [0.25, 0.3) is 0 Å². The van der Waals surface area contributed by atoms with Crippen molar-refractivity contribution in [3.63, 3.8) is 0 Å². The van der Waals surface area contributed by atoms with Crippen LogP contribution in [0.2, 0.25) is 0 Å². The van der Waals surface area contributed by atoms with Gasteiger partial charge in [-0.15, -0.1) is 11.8 Å². The van der Waals surface area contributed by atoms with Crippen LogP contribution in [0, 0.1) is 34.0 Å². The molecule has 0 bridgehead atoms. The molecule has 0 aliphatic carbocycles. The third-order valence-corrected chi connectivity index (χ3v) is 6.44. The maximum Gasteiger partial charge on any atom is 0.243 e. The predicted octanol–water partition coefficient (Wildman–Crippen LogP) is 3.05. The molecule has 146 valence electrons. The molecule has 2 amide bonds. The van der Waals surface area contributed by atoms with E-state index in [0.717, 1.165) is 23.9 Å². The highest BCUT2D eigenvalue weighted by Crippen LogP contribution is 2.41. The Morgan fingerprint density at radius 1 is 1.25 bits per heavy atom. The maximum absolute atomic E-state index is 12.1. The molecule has 0 radical (unpaired) electrons. The number of rotatable bonds is 8. The van der Waals surface area contributed by atoms with Crippen molar-refractivity contribution in [2.45, 2.75) is 25.2 Å². The van der Waals surface area contributed by atoms with Crippen molar-refractivity contribution in [1.82, 2.24) is 10.6 Å². The summed E-state index contributed by atoms with van der Waals surface area (Å²) < 4.78 is 0. The number of carbonyl (C=O) groups excluding carboxylic acids is 2. The second kappa shape index (κ2) is 10.2. The largest absolute Gasteiger partial charge is 0.355 e. The van der Waals surface area contributed by atoms with Crippen molar-refractivity contribution in [3.05, 3.63) is 40.9 Å². The average Bonchev–Trinajstić information content (AvgIpc) is 2.66. The summed E-state index contributed by atoms with van der Waals surface area (Å²) >= 11 is 2.86. The highest BCUT2D eigenvalue weighted by atomic mass is 32.2. The summed E-state index contributed by atoms with van der Waals surface area (Å²) in [5.74, 6) is -0.523. The smallest absolute Gasteiger partial charge is 0.243 e. The van der Waals surface area contributed by atoms with Gasteiger partial charge in [-0.3, -0.25) is 9.59 Å². The fourth-order valence-corrected chi connectivity index (χ4v) is 4.61. The lowest BCUT2D eigenvalue weighted by atomic mass is 9.72. The summed E-state index contributed by atoms with van der Waals surface area (Å²) in [6, 6.07) is 14.1. The molecule has 0 fully saturated rings. The zero-order valence-corrected chi connectivity index (χ0v) is 17.5. The summed E-state index contributed by atoms with van der Waals surface area (Å²) in [6.07, 6.45) is 0.843. The van der Waals surface area contributed by atoms with Crippen molar-refractivity contribution in [1.29, 1.82) is 10.5 Å². The van der Waals surface area contributed by atoms with Crippen LogP contribution >= 0.6 is 23.5 Å². The average molecular weight is 415 g/mol.